The molecule has 3 heterocycles. The summed E-state index contributed by atoms with van der Waals surface area (Å²) in [7, 11) is 0. The number of rotatable bonds is 8. The van der Waals surface area contributed by atoms with Crippen LogP contribution in [0.3, 0.4) is 0 Å². The third-order valence-electron chi connectivity index (χ3n) is 4.54. The molecule has 0 unspecified atom stereocenters. The van der Waals surface area contributed by atoms with Crippen LogP contribution >= 0.6 is 11.6 Å². The monoisotopic (exact) mass is 448 g/mol. The number of pyridine rings is 2. The Hall–Kier alpha value is -3.84. The Morgan fingerprint density at radius 3 is 2.78 bits per heavy atom. The van der Waals surface area contributed by atoms with Crippen LogP contribution in [0.1, 0.15) is 18.2 Å². The van der Waals surface area contributed by atoms with Crippen molar-refractivity contribution in [2.45, 2.75) is 13.5 Å². The number of amides is 1. The number of aromatic nitrogens is 3. The van der Waals surface area contributed by atoms with Gasteiger partial charge in [0.05, 0.1) is 12.3 Å². The number of fused-ring (bicyclic) bond motifs is 1. The molecule has 0 aliphatic rings. The van der Waals surface area contributed by atoms with E-state index in [1.165, 1.54) is 6.08 Å². The molecular formula is C24H21ClN4O3. The number of nitrogens with one attached hydrogen (secondary N) is 1. The molecule has 0 bridgehead atoms. The summed E-state index contributed by atoms with van der Waals surface area (Å²) >= 11 is 6.19. The van der Waals surface area contributed by atoms with E-state index in [1.54, 1.807) is 18.3 Å². The van der Waals surface area contributed by atoms with Gasteiger partial charge in [0.2, 0.25) is 11.8 Å². The molecule has 3 aromatic heterocycles. The first kappa shape index (κ1) is 21.4. The Morgan fingerprint density at radius 1 is 1.16 bits per heavy atom. The maximum atomic E-state index is 12.3. The van der Waals surface area contributed by atoms with Crippen molar-refractivity contribution in [2.75, 3.05) is 6.61 Å². The highest BCUT2D eigenvalue weighted by Gasteiger charge is 2.08. The summed E-state index contributed by atoms with van der Waals surface area (Å²) < 4.78 is 13.0. The molecule has 0 fully saturated rings. The quantitative estimate of drug-likeness (QED) is 0.388. The summed E-state index contributed by atoms with van der Waals surface area (Å²) in [6.45, 7) is 2.87. The second-order valence-electron chi connectivity index (χ2n) is 6.78. The molecule has 1 amide bonds. The molecule has 0 saturated carbocycles. The van der Waals surface area contributed by atoms with Gasteiger partial charge in [-0.15, -0.1) is 0 Å². The summed E-state index contributed by atoms with van der Waals surface area (Å²) in [5.41, 5.74) is 2.22. The van der Waals surface area contributed by atoms with Gasteiger partial charge in [-0.2, -0.15) is 0 Å². The second kappa shape index (κ2) is 9.98. The Balaban J connectivity index is 1.36. The van der Waals surface area contributed by atoms with Gasteiger partial charge in [-0.3, -0.25) is 9.20 Å². The molecule has 0 spiro atoms. The van der Waals surface area contributed by atoms with Crippen molar-refractivity contribution in [3.05, 3.63) is 89.5 Å². The van der Waals surface area contributed by atoms with Crippen molar-refractivity contribution in [3.63, 3.8) is 0 Å². The third-order valence-corrected chi connectivity index (χ3v) is 4.82. The van der Waals surface area contributed by atoms with E-state index < -0.39 is 0 Å². The van der Waals surface area contributed by atoms with Gasteiger partial charge >= 0.3 is 0 Å². The topological polar surface area (TPSA) is 77.8 Å². The Kier molecular flexibility index (Phi) is 6.67. The normalized spacial score (nSPS) is 11.1. The van der Waals surface area contributed by atoms with E-state index in [1.807, 2.05) is 66.1 Å². The summed E-state index contributed by atoms with van der Waals surface area (Å²) in [6.07, 6.45) is 6.56. The van der Waals surface area contributed by atoms with Crippen LogP contribution < -0.4 is 14.8 Å². The van der Waals surface area contributed by atoms with Crippen LogP contribution in [0.25, 0.3) is 11.7 Å². The van der Waals surface area contributed by atoms with E-state index in [2.05, 4.69) is 15.3 Å². The van der Waals surface area contributed by atoms with Gasteiger partial charge < -0.3 is 14.8 Å². The van der Waals surface area contributed by atoms with Gasteiger partial charge in [-0.25, -0.2) is 9.97 Å². The predicted molar refractivity (Wildman–Crippen MR) is 123 cm³/mol. The molecule has 4 rings (SSSR count). The van der Waals surface area contributed by atoms with Crippen molar-refractivity contribution >= 4 is 29.2 Å². The third kappa shape index (κ3) is 5.25. The lowest BCUT2D eigenvalue weighted by molar-refractivity contribution is -0.116. The lowest BCUT2D eigenvalue weighted by Gasteiger charge is -2.08. The van der Waals surface area contributed by atoms with Crippen LogP contribution in [0.4, 0.5) is 0 Å². The van der Waals surface area contributed by atoms with Gasteiger partial charge in [-0.05, 0) is 61.0 Å². The second-order valence-corrected chi connectivity index (χ2v) is 7.13. The van der Waals surface area contributed by atoms with Gasteiger partial charge in [0.1, 0.15) is 17.1 Å². The number of benzene rings is 1. The molecule has 0 atom stereocenters. The smallest absolute Gasteiger partial charge is 0.244 e. The maximum absolute atomic E-state index is 12.3. The molecule has 162 valence electrons. The van der Waals surface area contributed by atoms with Crippen LogP contribution in [0.2, 0.25) is 5.15 Å². The van der Waals surface area contributed by atoms with Gasteiger partial charge in [0.15, 0.2) is 5.15 Å². The minimum atomic E-state index is -0.252. The molecule has 0 radical (unpaired) electrons. The van der Waals surface area contributed by atoms with E-state index in [0.29, 0.717) is 35.6 Å². The molecule has 32 heavy (non-hydrogen) atoms. The Labute approximate surface area is 190 Å². The number of ether oxygens (including phenoxy) is 2. The number of nitrogens with zero attached hydrogens (tertiary/aromatic N) is 3. The van der Waals surface area contributed by atoms with Gasteiger partial charge in [-0.1, -0.05) is 17.7 Å². The van der Waals surface area contributed by atoms with Crippen LogP contribution in [-0.2, 0) is 11.3 Å². The zero-order valence-corrected chi connectivity index (χ0v) is 18.1. The molecular weight excluding hydrogens is 428 g/mol. The van der Waals surface area contributed by atoms with Crippen molar-refractivity contribution in [1.29, 1.82) is 0 Å². The van der Waals surface area contributed by atoms with E-state index in [-0.39, 0.29) is 5.91 Å². The lowest BCUT2D eigenvalue weighted by atomic mass is 10.2. The summed E-state index contributed by atoms with van der Waals surface area (Å²) in [4.78, 5) is 20.8. The molecule has 8 heteroatoms. The van der Waals surface area contributed by atoms with Crippen LogP contribution in [0, 0.1) is 0 Å². The minimum Gasteiger partial charge on any atom is -0.494 e. The molecule has 0 aliphatic carbocycles. The number of carbonyl (C=O) groups is 1. The van der Waals surface area contributed by atoms with Crippen molar-refractivity contribution in [3.8, 4) is 17.4 Å². The SMILES string of the molecule is CCOc1ccc(Oc2cc(CNC(=O)/C=C/c3c(Cl)nc4ccccn34)ccn2)cc1. The largest absolute Gasteiger partial charge is 0.494 e. The van der Waals surface area contributed by atoms with E-state index in [4.69, 9.17) is 21.1 Å². The Bertz CT molecular complexity index is 1250. The fraction of sp³-hybridized carbons (Fsp3) is 0.125. The lowest BCUT2D eigenvalue weighted by Crippen LogP contribution is -2.20. The highest BCUT2D eigenvalue weighted by Crippen LogP contribution is 2.23. The molecule has 0 aliphatic heterocycles. The molecule has 1 N–H and O–H groups in total. The first-order chi connectivity index (χ1) is 15.6. The highest BCUT2D eigenvalue weighted by atomic mass is 35.5. The maximum Gasteiger partial charge on any atom is 0.244 e. The van der Waals surface area contributed by atoms with Gasteiger partial charge in [0.25, 0.3) is 0 Å². The van der Waals surface area contributed by atoms with Crippen LogP contribution in [-0.4, -0.2) is 26.9 Å². The average Bonchev–Trinajstić information content (AvgIpc) is 3.13. The van der Waals surface area contributed by atoms with Crippen molar-refractivity contribution < 1.29 is 14.3 Å². The van der Waals surface area contributed by atoms with E-state index in [0.717, 1.165) is 17.0 Å². The number of imidazole rings is 1. The molecule has 4 aromatic rings. The molecule has 1 aromatic carbocycles. The number of hydrogen-bond donors (Lipinski definition) is 1. The fourth-order valence-electron chi connectivity index (χ4n) is 3.05. The van der Waals surface area contributed by atoms with Crippen LogP contribution in [0.15, 0.2) is 73.1 Å². The minimum absolute atomic E-state index is 0.252. The summed E-state index contributed by atoms with van der Waals surface area (Å²) in [5.74, 6) is 1.62. The van der Waals surface area contributed by atoms with E-state index in [9.17, 15) is 4.79 Å². The first-order valence-electron chi connectivity index (χ1n) is 10.1. The molecule has 7 nitrogen and oxygen atoms in total. The number of carbonyl (C=O) groups excluding carboxylic acids is 1. The Morgan fingerprint density at radius 2 is 1.97 bits per heavy atom. The predicted octanol–water partition coefficient (Wildman–Crippen LogP) is 4.90. The van der Waals surface area contributed by atoms with Crippen LogP contribution in [0.5, 0.6) is 17.4 Å². The number of hydrogen-bond acceptors (Lipinski definition) is 5. The van der Waals surface area contributed by atoms with E-state index >= 15 is 0 Å². The zero-order chi connectivity index (χ0) is 22.3. The standard InChI is InChI=1S/C24H21ClN4O3/c1-2-31-18-6-8-19(9-7-18)32-23-15-17(12-13-26-23)16-27-22(30)11-10-20-24(25)28-21-5-3-4-14-29(20)21/h3-15H,2,16H2,1H3,(H,27,30)/b11-10+. The van der Waals surface area contributed by atoms with Gasteiger partial charge in [0, 0.05) is 31.1 Å². The first-order valence-corrected chi connectivity index (χ1v) is 10.4. The van der Waals surface area contributed by atoms with Crippen molar-refractivity contribution in [2.24, 2.45) is 0 Å². The fourth-order valence-corrected chi connectivity index (χ4v) is 3.29. The summed E-state index contributed by atoms with van der Waals surface area (Å²) in [5, 5.41) is 3.18. The zero-order valence-electron chi connectivity index (χ0n) is 17.4. The molecule has 0 saturated heterocycles. The van der Waals surface area contributed by atoms with Crippen molar-refractivity contribution in [1.82, 2.24) is 19.7 Å². The number of halogens is 1. The summed E-state index contributed by atoms with van der Waals surface area (Å²) in [6, 6.07) is 16.5. The average molecular weight is 449 g/mol. The highest BCUT2D eigenvalue weighted by molar-refractivity contribution is 6.31.